The lowest BCUT2D eigenvalue weighted by atomic mass is 10.5. The summed E-state index contributed by atoms with van der Waals surface area (Å²) in [6, 6.07) is 0. The predicted octanol–water partition coefficient (Wildman–Crippen LogP) is 1.04. The van der Waals surface area contributed by atoms with E-state index in [-0.39, 0.29) is 16.5 Å². The first-order valence-electron chi connectivity index (χ1n) is 4.92. The summed E-state index contributed by atoms with van der Waals surface area (Å²) >= 11 is 2.35. The molecular formula is C8H9N7O2S2. The number of hydrogen-bond acceptors (Lipinski definition) is 10. The largest absolute Gasteiger partial charge is 0.378 e. The second-order valence-electron chi connectivity index (χ2n) is 3.52. The zero-order chi connectivity index (χ0) is 14.0. The van der Waals surface area contributed by atoms with Crippen molar-refractivity contribution in [2.45, 2.75) is 9.37 Å². The normalized spacial score (nSPS) is 10.4. The Labute approximate surface area is 116 Å². The average Bonchev–Trinajstić information content (AvgIpc) is 2.77. The SMILES string of the molecule is CN(C)c1nnc(Sc2ncnc(N)c2[N+](=O)[O-])s1. The van der Waals surface area contributed by atoms with Gasteiger partial charge >= 0.3 is 5.69 Å². The Bertz CT molecular complexity index is 615. The third kappa shape index (κ3) is 2.88. The molecule has 2 rings (SSSR count). The van der Waals surface area contributed by atoms with E-state index >= 15 is 0 Å². The Morgan fingerprint density at radius 3 is 2.74 bits per heavy atom. The third-order valence-corrected chi connectivity index (χ3v) is 4.10. The van der Waals surface area contributed by atoms with Crippen LogP contribution in [0.2, 0.25) is 0 Å². The number of rotatable bonds is 4. The molecule has 11 heteroatoms. The van der Waals surface area contributed by atoms with Crippen molar-refractivity contribution >= 4 is 39.7 Å². The molecule has 0 radical (unpaired) electrons. The molecule has 0 saturated heterocycles. The van der Waals surface area contributed by atoms with Crippen molar-refractivity contribution in [3.63, 3.8) is 0 Å². The Morgan fingerprint density at radius 2 is 2.16 bits per heavy atom. The lowest BCUT2D eigenvalue weighted by Crippen LogP contribution is -2.07. The maximum Gasteiger partial charge on any atom is 0.343 e. The summed E-state index contributed by atoms with van der Waals surface area (Å²) in [5.41, 5.74) is 5.17. The van der Waals surface area contributed by atoms with Gasteiger partial charge < -0.3 is 10.6 Å². The summed E-state index contributed by atoms with van der Waals surface area (Å²) in [7, 11) is 3.67. The van der Waals surface area contributed by atoms with Crippen LogP contribution in [0.1, 0.15) is 0 Å². The van der Waals surface area contributed by atoms with Gasteiger partial charge in [0, 0.05) is 14.1 Å². The van der Waals surface area contributed by atoms with Crippen molar-refractivity contribution in [3.8, 4) is 0 Å². The van der Waals surface area contributed by atoms with Crippen LogP contribution in [0.4, 0.5) is 16.6 Å². The quantitative estimate of drug-likeness (QED) is 0.500. The van der Waals surface area contributed by atoms with E-state index < -0.39 is 4.92 Å². The number of nitrogen functional groups attached to an aromatic ring is 1. The third-order valence-electron chi connectivity index (χ3n) is 1.96. The highest BCUT2D eigenvalue weighted by Gasteiger charge is 2.23. The van der Waals surface area contributed by atoms with Gasteiger partial charge in [-0.2, -0.15) is 0 Å². The molecular weight excluding hydrogens is 290 g/mol. The summed E-state index contributed by atoms with van der Waals surface area (Å²) in [6.45, 7) is 0. The van der Waals surface area contributed by atoms with E-state index in [4.69, 9.17) is 5.73 Å². The van der Waals surface area contributed by atoms with E-state index in [1.165, 1.54) is 17.7 Å². The summed E-state index contributed by atoms with van der Waals surface area (Å²) in [4.78, 5) is 19.6. The predicted molar refractivity (Wildman–Crippen MR) is 71.5 cm³/mol. The maximum absolute atomic E-state index is 10.9. The Kier molecular flexibility index (Phi) is 3.76. The minimum absolute atomic E-state index is 0.152. The molecule has 2 aromatic rings. The number of nitrogens with two attached hydrogens (primary N) is 1. The zero-order valence-electron chi connectivity index (χ0n) is 9.97. The minimum Gasteiger partial charge on any atom is -0.378 e. The van der Waals surface area contributed by atoms with Crippen LogP contribution in [0.5, 0.6) is 0 Å². The van der Waals surface area contributed by atoms with Crippen molar-refractivity contribution in [3.05, 3.63) is 16.4 Å². The van der Waals surface area contributed by atoms with E-state index in [0.717, 1.165) is 11.8 Å². The minimum atomic E-state index is -0.606. The van der Waals surface area contributed by atoms with E-state index in [2.05, 4.69) is 20.2 Å². The van der Waals surface area contributed by atoms with Crippen molar-refractivity contribution < 1.29 is 4.92 Å². The number of anilines is 2. The molecule has 19 heavy (non-hydrogen) atoms. The second-order valence-corrected chi connectivity index (χ2v) is 5.71. The van der Waals surface area contributed by atoms with Crippen molar-refractivity contribution in [1.29, 1.82) is 0 Å². The smallest absolute Gasteiger partial charge is 0.343 e. The molecule has 2 heterocycles. The molecule has 0 saturated carbocycles. The molecule has 0 unspecified atom stereocenters. The van der Waals surface area contributed by atoms with Gasteiger partial charge in [-0.1, -0.05) is 11.3 Å². The van der Waals surface area contributed by atoms with Crippen molar-refractivity contribution in [1.82, 2.24) is 20.2 Å². The van der Waals surface area contributed by atoms with Crippen LogP contribution in [0, 0.1) is 10.1 Å². The Morgan fingerprint density at radius 1 is 1.42 bits per heavy atom. The first kappa shape index (κ1) is 13.4. The highest BCUT2D eigenvalue weighted by molar-refractivity contribution is 8.01. The number of aromatic nitrogens is 4. The van der Waals surface area contributed by atoms with E-state index in [1.807, 2.05) is 14.1 Å². The summed E-state index contributed by atoms with van der Waals surface area (Å²) in [5.74, 6) is -0.167. The molecule has 0 aromatic carbocycles. The van der Waals surface area contributed by atoms with Crippen LogP contribution in [0.3, 0.4) is 0 Å². The second kappa shape index (κ2) is 5.32. The molecule has 0 bridgehead atoms. The first-order valence-corrected chi connectivity index (χ1v) is 6.56. The molecule has 0 aliphatic rings. The monoisotopic (exact) mass is 299 g/mol. The van der Waals surface area contributed by atoms with Gasteiger partial charge in [-0.05, 0) is 11.8 Å². The topological polar surface area (TPSA) is 124 Å². The van der Waals surface area contributed by atoms with Gasteiger partial charge in [0.2, 0.25) is 10.9 Å². The first-order chi connectivity index (χ1) is 8.99. The summed E-state index contributed by atoms with van der Waals surface area (Å²) in [6.07, 6.45) is 1.18. The molecule has 100 valence electrons. The standard InChI is InChI=1S/C8H9N7O2S2/c1-14(2)7-12-13-8(19-7)18-6-4(15(16)17)5(9)10-3-11-6/h3H,1-2H3,(H2,9,10,11). The van der Waals surface area contributed by atoms with E-state index in [1.54, 1.807) is 4.90 Å². The van der Waals surface area contributed by atoms with Crippen LogP contribution in [-0.4, -0.2) is 39.2 Å². The molecule has 0 amide bonds. The fraction of sp³-hybridized carbons (Fsp3) is 0.250. The highest BCUT2D eigenvalue weighted by atomic mass is 32.2. The van der Waals surface area contributed by atoms with Crippen LogP contribution >= 0.6 is 23.1 Å². The Balaban J connectivity index is 2.32. The summed E-state index contributed by atoms with van der Waals surface area (Å²) in [5, 5.41) is 19.7. The van der Waals surface area contributed by atoms with Crippen LogP contribution in [-0.2, 0) is 0 Å². The van der Waals surface area contributed by atoms with Crippen LogP contribution < -0.4 is 10.6 Å². The van der Waals surface area contributed by atoms with Gasteiger partial charge in [0.05, 0.1) is 4.92 Å². The van der Waals surface area contributed by atoms with Gasteiger partial charge in [-0.25, -0.2) is 9.97 Å². The van der Waals surface area contributed by atoms with E-state index in [0.29, 0.717) is 9.47 Å². The maximum atomic E-state index is 10.9. The lowest BCUT2D eigenvalue weighted by Gasteiger charge is -2.03. The summed E-state index contributed by atoms with van der Waals surface area (Å²) < 4.78 is 0.546. The van der Waals surface area contributed by atoms with Crippen LogP contribution in [0.15, 0.2) is 15.7 Å². The van der Waals surface area contributed by atoms with Gasteiger partial charge in [-0.3, -0.25) is 10.1 Å². The number of nitro groups is 1. The van der Waals surface area contributed by atoms with Gasteiger partial charge in [0.25, 0.3) is 0 Å². The molecule has 0 spiro atoms. The Hall–Kier alpha value is -2.01. The van der Waals surface area contributed by atoms with Crippen LogP contribution in [0.25, 0.3) is 0 Å². The van der Waals surface area contributed by atoms with Gasteiger partial charge in [-0.15, -0.1) is 10.2 Å². The highest BCUT2D eigenvalue weighted by Crippen LogP contribution is 2.37. The van der Waals surface area contributed by atoms with E-state index in [9.17, 15) is 10.1 Å². The molecule has 0 aliphatic heterocycles. The molecule has 2 N–H and O–H groups in total. The number of nitrogens with zero attached hydrogens (tertiary/aromatic N) is 6. The van der Waals surface area contributed by atoms with Gasteiger partial charge in [0.1, 0.15) is 6.33 Å². The average molecular weight is 299 g/mol. The molecule has 0 atom stereocenters. The fourth-order valence-electron chi connectivity index (χ4n) is 1.13. The lowest BCUT2D eigenvalue weighted by molar-refractivity contribution is -0.387. The fourth-order valence-corrected chi connectivity index (χ4v) is 2.88. The zero-order valence-corrected chi connectivity index (χ0v) is 11.6. The number of hydrogen-bond donors (Lipinski definition) is 1. The van der Waals surface area contributed by atoms with Crippen molar-refractivity contribution in [2.75, 3.05) is 24.7 Å². The van der Waals surface area contributed by atoms with Gasteiger partial charge in [0.15, 0.2) is 9.37 Å². The molecule has 2 aromatic heterocycles. The molecule has 0 fully saturated rings. The molecule has 0 aliphatic carbocycles. The van der Waals surface area contributed by atoms with Crippen molar-refractivity contribution in [2.24, 2.45) is 0 Å². The molecule has 9 nitrogen and oxygen atoms in total.